The zero-order valence-corrected chi connectivity index (χ0v) is 16.6. The number of nitrogens with zero attached hydrogens (tertiary/aromatic N) is 3. The number of likely N-dealkylation sites (tertiary alicyclic amines) is 1. The predicted molar refractivity (Wildman–Crippen MR) is 102 cm³/mol. The van der Waals surface area contributed by atoms with E-state index in [1.165, 1.54) is 0 Å². The fraction of sp³-hybridized carbons (Fsp3) is 0.750. The van der Waals surface area contributed by atoms with Crippen molar-refractivity contribution in [1.82, 2.24) is 19.8 Å². The number of nitrogens with one attached hydrogen (secondary N) is 1. The molecule has 3 heterocycles. The van der Waals surface area contributed by atoms with E-state index in [0.29, 0.717) is 12.5 Å². The van der Waals surface area contributed by atoms with Gasteiger partial charge < -0.3 is 14.6 Å². The minimum atomic E-state index is -0.474. The van der Waals surface area contributed by atoms with Crippen LogP contribution in [0.3, 0.4) is 0 Å². The molecule has 7 heteroatoms. The highest BCUT2D eigenvalue weighted by molar-refractivity contribution is 5.69. The molecule has 1 saturated heterocycles. The lowest BCUT2D eigenvalue weighted by Gasteiger charge is -2.34. The largest absolute Gasteiger partial charge is 0.444 e. The number of H-pyrrole nitrogens is 1. The van der Waals surface area contributed by atoms with Crippen LogP contribution in [0.15, 0.2) is 4.79 Å². The van der Waals surface area contributed by atoms with Gasteiger partial charge in [0, 0.05) is 43.7 Å². The number of fused-ring (bicyclic) bond motifs is 1. The Kier molecular flexibility index (Phi) is 4.74. The number of carbonyl (C=O) groups excluding carboxylic acids is 1. The van der Waals surface area contributed by atoms with Crippen molar-refractivity contribution in [3.8, 4) is 0 Å². The van der Waals surface area contributed by atoms with Gasteiger partial charge in [-0.25, -0.2) is 9.78 Å². The Morgan fingerprint density at radius 2 is 2.04 bits per heavy atom. The Morgan fingerprint density at radius 1 is 1.26 bits per heavy atom. The minimum absolute atomic E-state index is 0.0396. The van der Waals surface area contributed by atoms with E-state index < -0.39 is 5.60 Å². The van der Waals surface area contributed by atoms with Gasteiger partial charge in [0.2, 0.25) is 0 Å². The van der Waals surface area contributed by atoms with E-state index in [1.807, 2.05) is 25.7 Å². The van der Waals surface area contributed by atoms with Gasteiger partial charge in [0.05, 0.1) is 5.69 Å². The van der Waals surface area contributed by atoms with Gasteiger partial charge in [-0.1, -0.05) is 0 Å². The highest BCUT2D eigenvalue weighted by Gasteiger charge is 2.35. The van der Waals surface area contributed by atoms with Crippen molar-refractivity contribution in [3.05, 3.63) is 27.4 Å². The molecule has 148 valence electrons. The van der Waals surface area contributed by atoms with Crippen LogP contribution in [-0.2, 0) is 17.7 Å². The molecule has 1 amide bonds. The number of amides is 1. The summed E-state index contributed by atoms with van der Waals surface area (Å²) in [5.41, 5.74) is 1.33. The van der Waals surface area contributed by atoms with Crippen LogP contribution in [0.4, 0.5) is 4.79 Å². The molecule has 0 aromatic carbocycles. The third kappa shape index (κ3) is 4.18. The first kappa shape index (κ1) is 18.5. The van der Waals surface area contributed by atoms with E-state index in [2.05, 4.69) is 9.88 Å². The van der Waals surface area contributed by atoms with Crippen molar-refractivity contribution in [2.45, 2.75) is 77.0 Å². The Morgan fingerprint density at radius 3 is 2.74 bits per heavy atom. The third-order valence-corrected chi connectivity index (χ3v) is 5.61. The van der Waals surface area contributed by atoms with Crippen molar-refractivity contribution in [3.63, 3.8) is 0 Å². The zero-order valence-electron chi connectivity index (χ0n) is 16.6. The number of rotatable bonds is 3. The molecule has 1 N–H and O–H groups in total. The van der Waals surface area contributed by atoms with Gasteiger partial charge in [-0.2, -0.15) is 0 Å². The standard InChI is InChI=1S/C20H30N4O3/c1-20(2,3)27-19(26)24-9-4-5-14(24)11-23-10-8-15-16(12-23)21-17(13-6-7-13)22-18(15)25/h13-14H,4-12H2,1-3H3,(H,21,22,25). The van der Waals surface area contributed by atoms with Crippen LogP contribution < -0.4 is 5.56 Å². The maximum absolute atomic E-state index is 12.5. The second-order valence-electron chi connectivity index (χ2n) is 9.11. The number of hydrogen-bond donors (Lipinski definition) is 1. The number of carbonyl (C=O) groups is 1. The average Bonchev–Trinajstić information content (AvgIpc) is 3.32. The highest BCUT2D eigenvalue weighted by Crippen LogP contribution is 2.37. The fourth-order valence-corrected chi connectivity index (χ4v) is 4.10. The van der Waals surface area contributed by atoms with E-state index in [-0.39, 0.29) is 17.7 Å². The van der Waals surface area contributed by atoms with Gasteiger partial charge in [-0.15, -0.1) is 0 Å². The van der Waals surface area contributed by atoms with E-state index in [1.54, 1.807) is 0 Å². The number of aromatic amines is 1. The first-order chi connectivity index (χ1) is 12.8. The summed E-state index contributed by atoms with van der Waals surface area (Å²) in [7, 11) is 0. The molecule has 1 saturated carbocycles. The van der Waals surface area contributed by atoms with Crippen LogP contribution in [0.25, 0.3) is 0 Å². The molecule has 3 aliphatic rings. The highest BCUT2D eigenvalue weighted by atomic mass is 16.6. The Bertz CT molecular complexity index is 778. The summed E-state index contributed by atoms with van der Waals surface area (Å²) in [5, 5.41) is 0. The van der Waals surface area contributed by atoms with Crippen molar-refractivity contribution in [2.75, 3.05) is 19.6 Å². The summed E-state index contributed by atoms with van der Waals surface area (Å²) >= 11 is 0. The first-order valence-corrected chi connectivity index (χ1v) is 10.1. The summed E-state index contributed by atoms with van der Waals surface area (Å²) < 4.78 is 5.57. The molecule has 4 rings (SSSR count). The van der Waals surface area contributed by atoms with E-state index in [4.69, 9.17) is 9.72 Å². The van der Waals surface area contributed by atoms with Crippen LogP contribution in [0.5, 0.6) is 0 Å². The lowest BCUT2D eigenvalue weighted by molar-refractivity contribution is 0.0191. The molecule has 7 nitrogen and oxygen atoms in total. The van der Waals surface area contributed by atoms with Gasteiger partial charge in [0.25, 0.3) is 5.56 Å². The molecule has 0 radical (unpaired) electrons. The summed E-state index contributed by atoms with van der Waals surface area (Å²) in [6.45, 7) is 8.80. The van der Waals surface area contributed by atoms with E-state index in [9.17, 15) is 9.59 Å². The van der Waals surface area contributed by atoms with Crippen molar-refractivity contribution in [1.29, 1.82) is 0 Å². The molecule has 1 aromatic heterocycles. The zero-order chi connectivity index (χ0) is 19.2. The Balaban J connectivity index is 1.43. The smallest absolute Gasteiger partial charge is 0.410 e. The second-order valence-corrected chi connectivity index (χ2v) is 9.11. The van der Waals surface area contributed by atoms with Crippen molar-refractivity contribution < 1.29 is 9.53 Å². The van der Waals surface area contributed by atoms with Crippen LogP contribution in [-0.4, -0.2) is 57.1 Å². The quantitative estimate of drug-likeness (QED) is 0.879. The molecule has 1 unspecified atom stereocenters. The monoisotopic (exact) mass is 374 g/mol. The molecule has 2 fully saturated rings. The molecule has 0 bridgehead atoms. The van der Waals surface area contributed by atoms with Crippen LogP contribution in [0.1, 0.15) is 69.5 Å². The van der Waals surface area contributed by atoms with Gasteiger partial charge in [-0.05, 0) is 52.9 Å². The fourth-order valence-electron chi connectivity index (χ4n) is 4.10. The molecule has 1 atom stereocenters. The minimum Gasteiger partial charge on any atom is -0.444 e. The van der Waals surface area contributed by atoms with E-state index in [0.717, 1.165) is 68.8 Å². The van der Waals surface area contributed by atoms with Crippen LogP contribution >= 0.6 is 0 Å². The molecule has 1 aliphatic carbocycles. The molecule has 2 aliphatic heterocycles. The number of hydrogen-bond acceptors (Lipinski definition) is 5. The van der Waals surface area contributed by atoms with Gasteiger partial charge in [0.15, 0.2) is 0 Å². The van der Waals surface area contributed by atoms with Crippen molar-refractivity contribution in [2.24, 2.45) is 0 Å². The van der Waals surface area contributed by atoms with Gasteiger partial charge >= 0.3 is 6.09 Å². The summed E-state index contributed by atoms with van der Waals surface area (Å²) in [4.78, 5) is 36.8. The molecule has 27 heavy (non-hydrogen) atoms. The van der Waals surface area contributed by atoms with Gasteiger partial charge in [-0.3, -0.25) is 9.69 Å². The third-order valence-electron chi connectivity index (χ3n) is 5.61. The second kappa shape index (κ2) is 6.93. The summed E-state index contributed by atoms with van der Waals surface area (Å²) in [6, 6.07) is 0.172. The topological polar surface area (TPSA) is 78.5 Å². The SMILES string of the molecule is CC(C)(C)OC(=O)N1CCCC1CN1CCc2c(nc(C3CC3)[nH]c2=O)C1. The summed E-state index contributed by atoms with van der Waals surface area (Å²) in [6.07, 6.45) is 4.77. The van der Waals surface area contributed by atoms with Crippen LogP contribution in [0.2, 0.25) is 0 Å². The lowest BCUT2D eigenvalue weighted by Crippen LogP contribution is -2.47. The van der Waals surface area contributed by atoms with Gasteiger partial charge in [0.1, 0.15) is 11.4 Å². The average molecular weight is 374 g/mol. The van der Waals surface area contributed by atoms with Crippen molar-refractivity contribution >= 4 is 6.09 Å². The number of ether oxygens (including phenoxy) is 1. The molecular formula is C20H30N4O3. The lowest BCUT2D eigenvalue weighted by atomic mass is 10.0. The Labute approximate surface area is 160 Å². The first-order valence-electron chi connectivity index (χ1n) is 10.1. The number of aromatic nitrogens is 2. The maximum Gasteiger partial charge on any atom is 0.410 e. The summed E-state index contributed by atoms with van der Waals surface area (Å²) in [5.74, 6) is 1.30. The molecule has 0 spiro atoms. The van der Waals surface area contributed by atoms with E-state index >= 15 is 0 Å². The normalized spacial score (nSPS) is 23.4. The maximum atomic E-state index is 12.5. The Hall–Kier alpha value is -1.89. The predicted octanol–water partition coefficient (Wildman–Crippen LogP) is 2.40. The molecular weight excluding hydrogens is 344 g/mol. The van der Waals surface area contributed by atoms with Crippen LogP contribution in [0, 0.1) is 0 Å². The molecule has 1 aromatic rings.